The van der Waals surface area contributed by atoms with Crippen LogP contribution in [0, 0.1) is 5.92 Å². The molecule has 2 aromatic rings. The van der Waals surface area contributed by atoms with E-state index >= 15 is 0 Å². The molecule has 0 radical (unpaired) electrons. The second-order valence-electron chi connectivity index (χ2n) is 9.22. The number of ether oxygens (including phenoxy) is 2. The van der Waals surface area contributed by atoms with Crippen LogP contribution in [0.1, 0.15) is 46.6 Å². The SMILES string of the molecule is COc1ccc(C(C)(C)C)cc1NC(=O)[C@@H]1CC(=O)N(c2ccc(OC(C)C)cc2)C1. The molecule has 1 N–H and O–H groups in total. The monoisotopic (exact) mass is 424 g/mol. The van der Waals surface area contributed by atoms with E-state index in [0.29, 0.717) is 18.0 Å². The molecular formula is C25H32N2O4. The summed E-state index contributed by atoms with van der Waals surface area (Å²) >= 11 is 0. The standard InChI is InChI=1S/C25H32N2O4/c1-16(2)31-20-10-8-19(9-11-20)27-15-17(13-23(27)28)24(29)26-21-14-18(25(3,4)5)7-12-22(21)30-6/h7-12,14,16-17H,13,15H2,1-6H3,(H,26,29)/t17-/m1/s1. The van der Waals surface area contributed by atoms with Crippen LogP contribution in [-0.2, 0) is 15.0 Å². The van der Waals surface area contributed by atoms with Gasteiger partial charge in [0.2, 0.25) is 11.8 Å². The Bertz CT molecular complexity index is 945. The van der Waals surface area contributed by atoms with Crippen LogP contribution >= 0.6 is 0 Å². The Labute approximate surface area is 184 Å². The predicted octanol–water partition coefficient (Wildman–Crippen LogP) is 4.77. The highest BCUT2D eigenvalue weighted by Crippen LogP contribution is 2.33. The first-order chi connectivity index (χ1) is 14.6. The summed E-state index contributed by atoms with van der Waals surface area (Å²) in [6, 6.07) is 13.2. The minimum atomic E-state index is -0.429. The summed E-state index contributed by atoms with van der Waals surface area (Å²) in [5.41, 5.74) is 2.43. The summed E-state index contributed by atoms with van der Waals surface area (Å²) in [6.07, 6.45) is 0.262. The van der Waals surface area contributed by atoms with Gasteiger partial charge in [0.25, 0.3) is 0 Å². The predicted molar refractivity (Wildman–Crippen MR) is 123 cm³/mol. The molecule has 0 aromatic heterocycles. The van der Waals surface area contributed by atoms with E-state index in [4.69, 9.17) is 9.47 Å². The van der Waals surface area contributed by atoms with E-state index < -0.39 is 5.92 Å². The van der Waals surface area contributed by atoms with Crippen molar-refractivity contribution in [2.45, 2.75) is 52.6 Å². The van der Waals surface area contributed by atoms with E-state index in [1.54, 1.807) is 12.0 Å². The summed E-state index contributed by atoms with van der Waals surface area (Å²) in [4.78, 5) is 27.2. The molecule has 1 aliphatic heterocycles. The lowest BCUT2D eigenvalue weighted by molar-refractivity contribution is -0.122. The van der Waals surface area contributed by atoms with Gasteiger partial charge < -0.3 is 19.7 Å². The summed E-state index contributed by atoms with van der Waals surface area (Å²) in [7, 11) is 1.58. The molecule has 0 spiro atoms. The maximum absolute atomic E-state index is 13.0. The van der Waals surface area contributed by atoms with Gasteiger partial charge in [0.05, 0.1) is 24.8 Å². The zero-order valence-electron chi connectivity index (χ0n) is 19.2. The van der Waals surface area contributed by atoms with Gasteiger partial charge in [-0.15, -0.1) is 0 Å². The van der Waals surface area contributed by atoms with Gasteiger partial charge in [0.15, 0.2) is 0 Å². The van der Waals surface area contributed by atoms with Crippen molar-refractivity contribution in [1.29, 1.82) is 0 Å². The van der Waals surface area contributed by atoms with Crippen LogP contribution in [-0.4, -0.2) is 31.6 Å². The fourth-order valence-electron chi connectivity index (χ4n) is 3.62. The number of methoxy groups -OCH3 is 1. The number of anilines is 2. The minimum Gasteiger partial charge on any atom is -0.495 e. The molecule has 1 aliphatic rings. The summed E-state index contributed by atoms with van der Waals surface area (Å²) in [5.74, 6) is 0.684. The molecule has 1 fully saturated rings. The third-order valence-corrected chi connectivity index (χ3v) is 5.34. The molecule has 2 aromatic carbocycles. The normalized spacial score (nSPS) is 16.5. The first kappa shape index (κ1) is 22.7. The van der Waals surface area contributed by atoms with Gasteiger partial charge in [-0.3, -0.25) is 9.59 Å². The van der Waals surface area contributed by atoms with E-state index in [9.17, 15) is 9.59 Å². The highest BCUT2D eigenvalue weighted by atomic mass is 16.5. The quantitative estimate of drug-likeness (QED) is 0.725. The number of nitrogens with zero attached hydrogens (tertiary/aromatic N) is 1. The molecule has 2 amide bonds. The third kappa shape index (κ3) is 5.37. The first-order valence-electron chi connectivity index (χ1n) is 10.6. The highest BCUT2D eigenvalue weighted by Gasteiger charge is 2.35. The fraction of sp³-hybridized carbons (Fsp3) is 0.440. The van der Waals surface area contributed by atoms with E-state index in [1.165, 1.54) is 0 Å². The van der Waals surface area contributed by atoms with Crippen LogP contribution in [0.3, 0.4) is 0 Å². The van der Waals surface area contributed by atoms with E-state index in [1.807, 2.05) is 56.3 Å². The molecular weight excluding hydrogens is 392 g/mol. The second-order valence-corrected chi connectivity index (χ2v) is 9.22. The molecule has 166 valence electrons. The lowest BCUT2D eigenvalue weighted by atomic mass is 9.86. The first-order valence-corrected chi connectivity index (χ1v) is 10.6. The number of carbonyl (C=O) groups is 2. The van der Waals surface area contributed by atoms with Crippen LogP contribution < -0.4 is 19.7 Å². The number of carbonyl (C=O) groups excluding carboxylic acids is 2. The van der Waals surface area contributed by atoms with Crippen molar-refractivity contribution >= 4 is 23.2 Å². The Morgan fingerprint density at radius 1 is 1.13 bits per heavy atom. The van der Waals surface area contributed by atoms with Gasteiger partial charge >= 0.3 is 0 Å². The Morgan fingerprint density at radius 2 is 1.81 bits per heavy atom. The lowest BCUT2D eigenvalue weighted by Gasteiger charge is -2.22. The van der Waals surface area contributed by atoms with Crippen molar-refractivity contribution in [3.63, 3.8) is 0 Å². The van der Waals surface area contributed by atoms with E-state index in [0.717, 1.165) is 17.0 Å². The van der Waals surface area contributed by atoms with E-state index in [-0.39, 0.29) is 29.8 Å². The van der Waals surface area contributed by atoms with E-state index in [2.05, 4.69) is 26.1 Å². The Kier molecular flexibility index (Phi) is 6.58. The zero-order valence-corrected chi connectivity index (χ0v) is 19.2. The summed E-state index contributed by atoms with van der Waals surface area (Å²) in [5, 5.41) is 2.98. The van der Waals surface area contributed by atoms with Crippen molar-refractivity contribution in [2.24, 2.45) is 5.92 Å². The summed E-state index contributed by atoms with van der Waals surface area (Å²) in [6.45, 7) is 10.6. The molecule has 1 saturated heterocycles. The van der Waals surface area contributed by atoms with Crippen LogP contribution in [0.25, 0.3) is 0 Å². The lowest BCUT2D eigenvalue weighted by Crippen LogP contribution is -2.28. The van der Waals surface area contributed by atoms with Crippen LogP contribution in [0.2, 0.25) is 0 Å². The maximum atomic E-state index is 13.0. The number of benzene rings is 2. The van der Waals surface area contributed by atoms with Crippen molar-refractivity contribution in [2.75, 3.05) is 23.9 Å². The van der Waals surface area contributed by atoms with Gasteiger partial charge in [-0.2, -0.15) is 0 Å². The van der Waals surface area contributed by atoms with Gasteiger partial charge in [-0.1, -0.05) is 26.8 Å². The largest absolute Gasteiger partial charge is 0.495 e. The fourth-order valence-corrected chi connectivity index (χ4v) is 3.62. The number of nitrogens with one attached hydrogen (secondary N) is 1. The molecule has 0 bridgehead atoms. The van der Waals surface area contributed by atoms with Crippen molar-refractivity contribution in [1.82, 2.24) is 0 Å². The Morgan fingerprint density at radius 3 is 2.39 bits per heavy atom. The molecule has 1 atom stereocenters. The molecule has 6 heteroatoms. The molecule has 31 heavy (non-hydrogen) atoms. The molecule has 0 unspecified atom stereocenters. The van der Waals surface area contributed by atoms with Crippen LogP contribution in [0.5, 0.6) is 11.5 Å². The third-order valence-electron chi connectivity index (χ3n) is 5.34. The van der Waals surface area contributed by atoms with Gasteiger partial charge in [0, 0.05) is 18.7 Å². The van der Waals surface area contributed by atoms with Crippen molar-refractivity contribution in [3.05, 3.63) is 48.0 Å². The smallest absolute Gasteiger partial charge is 0.229 e. The summed E-state index contributed by atoms with van der Waals surface area (Å²) < 4.78 is 11.1. The number of rotatable bonds is 6. The Balaban J connectivity index is 1.72. The number of hydrogen-bond donors (Lipinski definition) is 1. The maximum Gasteiger partial charge on any atom is 0.229 e. The molecule has 0 saturated carbocycles. The van der Waals surface area contributed by atoms with Gasteiger partial charge in [0.1, 0.15) is 11.5 Å². The second kappa shape index (κ2) is 9.00. The van der Waals surface area contributed by atoms with Crippen LogP contribution in [0.4, 0.5) is 11.4 Å². The van der Waals surface area contributed by atoms with Crippen molar-refractivity contribution < 1.29 is 19.1 Å². The highest BCUT2D eigenvalue weighted by molar-refractivity contribution is 6.04. The molecule has 3 rings (SSSR count). The minimum absolute atomic E-state index is 0.0582. The average Bonchev–Trinajstić information content (AvgIpc) is 3.09. The molecule has 1 heterocycles. The average molecular weight is 425 g/mol. The molecule has 6 nitrogen and oxygen atoms in total. The molecule has 0 aliphatic carbocycles. The topological polar surface area (TPSA) is 67.9 Å². The van der Waals surface area contributed by atoms with Gasteiger partial charge in [-0.05, 0) is 61.2 Å². The van der Waals surface area contributed by atoms with Crippen LogP contribution in [0.15, 0.2) is 42.5 Å². The zero-order chi connectivity index (χ0) is 22.8. The van der Waals surface area contributed by atoms with Crippen molar-refractivity contribution in [3.8, 4) is 11.5 Å². The number of hydrogen-bond acceptors (Lipinski definition) is 4. The Hall–Kier alpha value is -3.02. The van der Waals surface area contributed by atoms with Gasteiger partial charge in [-0.25, -0.2) is 0 Å². The number of amides is 2.